The first-order chi connectivity index (χ1) is 15.6. The molecule has 198 valence electrons. The van der Waals surface area contributed by atoms with E-state index in [1.807, 2.05) is 0 Å². The van der Waals surface area contributed by atoms with E-state index in [0.717, 1.165) is 37.5 Å². The van der Waals surface area contributed by atoms with E-state index in [0.29, 0.717) is 13.2 Å². The van der Waals surface area contributed by atoms with Crippen LogP contribution in [-0.4, -0.2) is 36.2 Å². The second-order valence-corrected chi connectivity index (χ2v) is 12.1. The summed E-state index contributed by atoms with van der Waals surface area (Å²) in [7, 11) is -3.91. The third-order valence-corrected chi connectivity index (χ3v) is 6.69. The van der Waals surface area contributed by atoms with Gasteiger partial charge in [-0.1, -0.05) is 91.9 Å². The highest BCUT2D eigenvalue weighted by Gasteiger charge is 2.24. The lowest BCUT2D eigenvalue weighted by molar-refractivity contribution is 0.103. The van der Waals surface area contributed by atoms with E-state index in [4.69, 9.17) is 27.9 Å². The van der Waals surface area contributed by atoms with Gasteiger partial charge >= 0.3 is 17.2 Å². The zero-order chi connectivity index (χ0) is 25.0. The zero-order valence-electron chi connectivity index (χ0n) is 21.8. The number of unbranched alkanes of at least 4 members (excludes halogenated alkanes) is 8. The lowest BCUT2D eigenvalue weighted by Gasteiger charge is -2.26. The molecule has 0 fully saturated rings. The van der Waals surface area contributed by atoms with Gasteiger partial charge in [-0.05, 0) is 38.5 Å². The molecule has 0 atom stereocenters. The van der Waals surface area contributed by atoms with Gasteiger partial charge in [-0.2, -0.15) is 0 Å². The SMILES string of the molecule is [CH2]C([CH2])(COP(O)O)COP(OCCCCCCCC(C)C)OCCCCCCCC(C)C. The Morgan fingerprint density at radius 2 is 1.00 bits per heavy atom. The smallest absolute Gasteiger partial charge is 0.328 e. The molecule has 0 saturated carbocycles. The third-order valence-electron chi connectivity index (χ3n) is 5.21. The van der Waals surface area contributed by atoms with Crippen LogP contribution in [0.15, 0.2) is 0 Å². The van der Waals surface area contributed by atoms with Crippen molar-refractivity contribution in [2.75, 3.05) is 26.4 Å². The average molecular weight is 511 g/mol. The highest BCUT2D eigenvalue weighted by atomic mass is 31.2. The zero-order valence-corrected chi connectivity index (χ0v) is 23.6. The standard InChI is InChI=1S/C25H52O6P2/c1-23(2)17-13-9-7-11-15-19-28-33(31-22-25(5,6)21-30-32(26)27)29-20-16-12-8-10-14-18-24(3)4/h23-24,26-27H,5-22H2,1-4H3. The van der Waals surface area contributed by atoms with Crippen LogP contribution in [0.5, 0.6) is 0 Å². The summed E-state index contributed by atoms with van der Waals surface area (Å²) >= 11 is 0. The van der Waals surface area contributed by atoms with E-state index in [2.05, 4.69) is 41.5 Å². The van der Waals surface area contributed by atoms with Gasteiger partial charge in [-0.15, -0.1) is 0 Å². The summed E-state index contributed by atoms with van der Waals surface area (Å²) in [4.78, 5) is 17.9. The minimum Gasteiger partial charge on any atom is -0.328 e. The summed E-state index contributed by atoms with van der Waals surface area (Å²) < 4.78 is 22.5. The molecular weight excluding hydrogens is 458 g/mol. The molecule has 0 aliphatic carbocycles. The Balaban J connectivity index is 4.16. The van der Waals surface area contributed by atoms with Crippen molar-refractivity contribution >= 4 is 17.2 Å². The monoisotopic (exact) mass is 510 g/mol. The molecule has 0 unspecified atom stereocenters. The van der Waals surface area contributed by atoms with Gasteiger partial charge in [0.05, 0.1) is 26.4 Å². The summed E-state index contributed by atoms with van der Waals surface area (Å²) in [6.45, 7) is 18.3. The Bertz CT molecular complexity index is 398. The highest BCUT2D eigenvalue weighted by molar-refractivity contribution is 7.41. The summed E-state index contributed by atoms with van der Waals surface area (Å²) in [5.41, 5.74) is -0.855. The fraction of sp³-hybridized carbons (Fsp3) is 0.920. The Morgan fingerprint density at radius 1 is 0.606 bits per heavy atom. The Labute approximate surface area is 207 Å². The fourth-order valence-corrected chi connectivity index (χ4v) is 4.73. The molecule has 0 aromatic rings. The van der Waals surface area contributed by atoms with Crippen LogP contribution in [0.4, 0.5) is 0 Å². The van der Waals surface area contributed by atoms with E-state index >= 15 is 0 Å². The van der Waals surface area contributed by atoms with E-state index < -0.39 is 22.6 Å². The van der Waals surface area contributed by atoms with Gasteiger partial charge in [-0.3, -0.25) is 0 Å². The molecule has 0 aromatic carbocycles. The van der Waals surface area contributed by atoms with Crippen molar-refractivity contribution < 1.29 is 27.9 Å². The van der Waals surface area contributed by atoms with Gasteiger partial charge in [0.25, 0.3) is 0 Å². The quantitative estimate of drug-likeness (QED) is 0.101. The van der Waals surface area contributed by atoms with Crippen LogP contribution in [0.25, 0.3) is 0 Å². The molecule has 2 radical (unpaired) electrons. The topological polar surface area (TPSA) is 77.4 Å². The van der Waals surface area contributed by atoms with Crippen LogP contribution < -0.4 is 0 Å². The lowest BCUT2D eigenvalue weighted by atomic mass is 9.97. The maximum Gasteiger partial charge on any atom is 0.332 e. The van der Waals surface area contributed by atoms with Crippen molar-refractivity contribution in [3.05, 3.63) is 13.8 Å². The fourth-order valence-electron chi connectivity index (χ4n) is 3.19. The summed E-state index contributed by atoms with van der Waals surface area (Å²) in [5.74, 6) is 1.57. The van der Waals surface area contributed by atoms with E-state index in [-0.39, 0.29) is 13.2 Å². The molecule has 0 aromatic heterocycles. The van der Waals surface area contributed by atoms with Crippen molar-refractivity contribution in [1.29, 1.82) is 0 Å². The molecule has 8 heteroatoms. The van der Waals surface area contributed by atoms with Gasteiger partial charge in [0.2, 0.25) is 0 Å². The largest absolute Gasteiger partial charge is 0.332 e. The highest BCUT2D eigenvalue weighted by Crippen LogP contribution is 2.42. The predicted octanol–water partition coefficient (Wildman–Crippen LogP) is 8.14. The number of hydrogen-bond acceptors (Lipinski definition) is 6. The molecular formula is C25H52O6P2. The second kappa shape index (κ2) is 21.9. The predicted molar refractivity (Wildman–Crippen MR) is 140 cm³/mol. The van der Waals surface area contributed by atoms with E-state index in [9.17, 15) is 0 Å². The average Bonchev–Trinajstić information content (AvgIpc) is 2.73. The van der Waals surface area contributed by atoms with E-state index in [1.54, 1.807) is 0 Å². The van der Waals surface area contributed by atoms with E-state index in [1.165, 1.54) is 51.4 Å². The molecule has 0 aliphatic rings. The number of rotatable bonds is 24. The maximum atomic E-state index is 8.94. The molecule has 0 heterocycles. The molecule has 0 rings (SSSR count). The van der Waals surface area contributed by atoms with Crippen molar-refractivity contribution in [3.63, 3.8) is 0 Å². The van der Waals surface area contributed by atoms with Crippen molar-refractivity contribution in [3.8, 4) is 0 Å². The molecule has 0 spiro atoms. The summed E-state index contributed by atoms with van der Waals surface area (Å²) in [6, 6.07) is 0. The molecule has 0 saturated heterocycles. The van der Waals surface area contributed by atoms with Crippen molar-refractivity contribution in [2.45, 2.75) is 105 Å². The molecule has 2 N–H and O–H groups in total. The van der Waals surface area contributed by atoms with Crippen molar-refractivity contribution in [2.24, 2.45) is 17.3 Å². The third kappa shape index (κ3) is 25.5. The van der Waals surface area contributed by atoms with Gasteiger partial charge in [0, 0.05) is 5.41 Å². The van der Waals surface area contributed by atoms with Crippen LogP contribution >= 0.6 is 17.2 Å². The first-order valence-corrected chi connectivity index (χ1v) is 15.1. The van der Waals surface area contributed by atoms with Crippen LogP contribution in [0.3, 0.4) is 0 Å². The molecule has 6 nitrogen and oxygen atoms in total. The van der Waals surface area contributed by atoms with Gasteiger partial charge in [0.1, 0.15) is 0 Å². The number of hydrogen-bond donors (Lipinski definition) is 2. The van der Waals surface area contributed by atoms with Crippen LogP contribution in [0.2, 0.25) is 0 Å². The molecule has 33 heavy (non-hydrogen) atoms. The van der Waals surface area contributed by atoms with Crippen LogP contribution in [0.1, 0.15) is 105 Å². The molecule has 0 bridgehead atoms. The normalized spacial score (nSPS) is 12.7. The minimum absolute atomic E-state index is 0.0123. The lowest BCUT2D eigenvalue weighted by Crippen LogP contribution is -2.25. The Morgan fingerprint density at radius 3 is 1.42 bits per heavy atom. The first kappa shape index (κ1) is 33.6. The van der Waals surface area contributed by atoms with Crippen molar-refractivity contribution in [1.82, 2.24) is 0 Å². The first-order valence-electron chi connectivity index (χ1n) is 12.8. The van der Waals surface area contributed by atoms with Crippen LogP contribution in [-0.2, 0) is 18.1 Å². The van der Waals surface area contributed by atoms with Gasteiger partial charge < -0.3 is 27.9 Å². The Hall–Kier alpha value is 0.620. The molecule has 0 aliphatic heterocycles. The summed E-state index contributed by atoms with van der Waals surface area (Å²) in [5, 5.41) is 0. The van der Waals surface area contributed by atoms with Gasteiger partial charge in [-0.25, -0.2) is 0 Å². The van der Waals surface area contributed by atoms with Gasteiger partial charge in [0.15, 0.2) is 0 Å². The maximum absolute atomic E-state index is 8.94. The van der Waals surface area contributed by atoms with Crippen LogP contribution in [0, 0.1) is 31.1 Å². The molecule has 0 amide bonds. The summed E-state index contributed by atoms with van der Waals surface area (Å²) in [6.07, 6.45) is 14.5. The minimum atomic E-state index is -2.43. The second-order valence-electron chi connectivity index (χ2n) is 10.1. The Kier molecular flexibility index (Phi) is 22.3.